The molecule has 0 amide bonds. The third-order valence-electron chi connectivity index (χ3n) is 5.66. The molecule has 188 valence electrons. The van der Waals surface area contributed by atoms with Crippen molar-refractivity contribution in [2.75, 3.05) is 6.61 Å². The zero-order valence-corrected chi connectivity index (χ0v) is 21.1. The maximum absolute atomic E-state index is 12.1. The Morgan fingerprint density at radius 2 is 1.78 bits per heavy atom. The van der Waals surface area contributed by atoms with Gasteiger partial charge in [-0.3, -0.25) is 0 Å². The van der Waals surface area contributed by atoms with Gasteiger partial charge in [0.15, 0.2) is 0 Å². The number of pyridine rings is 1. The van der Waals surface area contributed by atoms with E-state index in [1.807, 2.05) is 78.9 Å². The first-order valence-corrected chi connectivity index (χ1v) is 12.1. The minimum absolute atomic E-state index is 0.303. The molecule has 7 heteroatoms. The van der Waals surface area contributed by atoms with Crippen LogP contribution in [0, 0.1) is 0 Å². The molecule has 0 fully saturated rings. The van der Waals surface area contributed by atoms with Gasteiger partial charge in [0.1, 0.15) is 36.0 Å². The molecule has 1 aliphatic heterocycles. The first-order chi connectivity index (χ1) is 17.9. The zero-order chi connectivity index (χ0) is 25.8. The van der Waals surface area contributed by atoms with Gasteiger partial charge in [0, 0.05) is 16.5 Å². The highest BCUT2D eigenvalue weighted by atomic mass is 16.7. The molecule has 0 saturated heterocycles. The summed E-state index contributed by atoms with van der Waals surface area (Å²) in [5.41, 5.74) is 4.23. The summed E-state index contributed by atoms with van der Waals surface area (Å²) in [6.07, 6.45) is 0. The molecule has 0 atom stereocenters. The number of hydrogen-bond acceptors (Lipinski definition) is 7. The Kier molecular flexibility index (Phi) is 6.77. The van der Waals surface area contributed by atoms with Crippen LogP contribution < -0.4 is 9.47 Å². The fourth-order valence-corrected chi connectivity index (χ4v) is 4.05. The summed E-state index contributed by atoms with van der Waals surface area (Å²) in [6, 6.07) is 25.4. The first-order valence-electron chi connectivity index (χ1n) is 12.1. The van der Waals surface area contributed by atoms with Gasteiger partial charge < -0.3 is 19.0 Å². The van der Waals surface area contributed by atoms with Crippen molar-refractivity contribution < 1.29 is 23.8 Å². The molecular weight excluding hydrogens is 468 g/mol. The number of benzene rings is 3. The number of fused-ring (bicyclic) bond motifs is 3. The van der Waals surface area contributed by atoms with Crippen LogP contribution in [-0.2, 0) is 27.6 Å². The quantitative estimate of drug-likeness (QED) is 0.247. The van der Waals surface area contributed by atoms with Crippen molar-refractivity contribution in [3.8, 4) is 11.5 Å². The predicted molar refractivity (Wildman–Crippen MR) is 141 cm³/mol. The van der Waals surface area contributed by atoms with Crippen LogP contribution in [0.3, 0.4) is 0 Å². The SMILES string of the molecule is CC(C)(C)OC(=O)CON=C1c2ccccc2COc2ccc(OCc3ccc4ccccc4n3)cc21. The van der Waals surface area contributed by atoms with E-state index in [9.17, 15) is 4.79 Å². The van der Waals surface area contributed by atoms with Crippen LogP contribution in [0.2, 0.25) is 0 Å². The lowest BCUT2D eigenvalue weighted by Crippen LogP contribution is -2.26. The second kappa shape index (κ2) is 10.3. The second-order valence-corrected chi connectivity index (χ2v) is 9.69. The number of carbonyl (C=O) groups is 1. The maximum atomic E-state index is 12.1. The third kappa shape index (κ3) is 5.89. The molecule has 1 aliphatic rings. The Labute approximate surface area is 215 Å². The average Bonchev–Trinajstić information content (AvgIpc) is 3.03. The number of para-hydroxylation sites is 1. The first kappa shape index (κ1) is 24.3. The Morgan fingerprint density at radius 1 is 0.973 bits per heavy atom. The van der Waals surface area contributed by atoms with Gasteiger partial charge in [-0.1, -0.05) is 53.7 Å². The fourth-order valence-electron chi connectivity index (χ4n) is 4.05. The van der Waals surface area contributed by atoms with Gasteiger partial charge in [0.2, 0.25) is 6.61 Å². The highest BCUT2D eigenvalue weighted by molar-refractivity contribution is 6.15. The minimum atomic E-state index is -0.602. The van der Waals surface area contributed by atoms with E-state index in [0.29, 0.717) is 36.0 Å². The topological polar surface area (TPSA) is 79.2 Å². The molecule has 37 heavy (non-hydrogen) atoms. The number of nitrogens with zero attached hydrogens (tertiary/aromatic N) is 2. The largest absolute Gasteiger partial charge is 0.488 e. The molecule has 7 nitrogen and oxygen atoms in total. The lowest BCUT2D eigenvalue weighted by Gasteiger charge is -2.18. The summed E-state index contributed by atoms with van der Waals surface area (Å²) in [5, 5.41) is 5.44. The number of ether oxygens (including phenoxy) is 3. The summed E-state index contributed by atoms with van der Waals surface area (Å²) < 4.78 is 17.5. The third-order valence-corrected chi connectivity index (χ3v) is 5.66. The molecule has 2 heterocycles. The van der Waals surface area contributed by atoms with Crippen molar-refractivity contribution in [3.05, 3.63) is 101 Å². The minimum Gasteiger partial charge on any atom is -0.488 e. The lowest BCUT2D eigenvalue weighted by atomic mass is 9.98. The molecule has 0 radical (unpaired) electrons. The van der Waals surface area contributed by atoms with Crippen LogP contribution in [0.4, 0.5) is 0 Å². The van der Waals surface area contributed by atoms with Gasteiger partial charge in [0.05, 0.1) is 11.2 Å². The van der Waals surface area contributed by atoms with Crippen LogP contribution in [0.1, 0.15) is 43.2 Å². The Hall–Kier alpha value is -4.39. The van der Waals surface area contributed by atoms with Crippen molar-refractivity contribution in [2.45, 2.75) is 39.6 Å². The van der Waals surface area contributed by atoms with E-state index in [2.05, 4.69) is 10.1 Å². The van der Waals surface area contributed by atoms with Gasteiger partial charge >= 0.3 is 5.97 Å². The van der Waals surface area contributed by atoms with Gasteiger partial charge in [0.25, 0.3) is 0 Å². The Bertz CT molecular complexity index is 1470. The number of hydrogen-bond donors (Lipinski definition) is 0. The molecule has 0 N–H and O–H groups in total. The van der Waals surface area contributed by atoms with E-state index in [-0.39, 0.29) is 6.61 Å². The maximum Gasteiger partial charge on any atom is 0.347 e. The molecule has 5 rings (SSSR count). The normalized spacial score (nSPS) is 13.8. The van der Waals surface area contributed by atoms with E-state index >= 15 is 0 Å². The molecule has 0 aliphatic carbocycles. The van der Waals surface area contributed by atoms with Gasteiger partial charge in [-0.25, -0.2) is 9.78 Å². The number of esters is 1. The van der Waals surface area contributed by atoms with E-state index in [1.54, 1.807) is 20.8 Å². The van der Waals surface area contributed by atoms with Crippen LogP contribution in [0.5, 0.6) is 11.5 Å². The monoisotopic (exact) mass is 496 g/mol. The van der Waals surface area contributed by atoms with Gasteiger partial charge in [-0.05, 0) is 56.7 Å². The van der Waals surface area contributed by atoms with E-state index in [0.717, 1.165) is 27.7 Å². The highest BCUT2D eigenvalue weighted by Gasteiger charge is 2.23. The molecular formula is C30H28N2O5. The summed E-state index contributed by atoms with van der Waals surface area (Å²) >= 11 is 0. The molecule has 0 spiro atoms. The molecule has 0 unspecified atom stereocenters. The van der Waals surface area contributed by atoms with Crippen molar-refractivity contribution in [1.82, 2.24) is 4.98 Å². The zero-order valence-electron chi connectivity index (χ0n) is 21.1. The Balaban J connectivity index is 1.40. The standard InChI is InChI=1S/C30H28N2O5/c1-30(2,3)37-28(33)19-36-32-29-24-10-6-4-9-21(24)17-35-27-15-14-23(16-25(27)29)34-18-22-13-12-20-8-5-7-11-26(20)31-22/h4-16H,17-19H2,1-3H3. The van der Waals surface area contributed by atoms with Gasteiger partial charge in [-0.15, -0.1) is 0 Å². The molecule has 4 aromatic rings. The number of rotatable bonds is 6. The molecule has 0 saturated carbocycles. The smallest absolute Gasteiger partial charge is 0.347 e. The highest BCUT2D eigenvalue weighted by Crippen LogP contribution is 2.32. The van der Waals surface area contributed by atoms with E-state index < -0.39 is 11.6 Å². The predicted octanol–water partition coefficient (Wildman–Crippen LogP) is 5.82. The summed E-state index contributed by atoms with van der Waals surface area (Å²) in [5.74, 6) is 0.790. The summed E-state index contributed by atoms with van der Waals surface area (Å²) in [7, 11) is 0. The van der Waals surface area contributed by atoms with Crippen molar-refractivity contribution in [1.29, 1.82) is 0 Å². The van der Waals surface area contributed by atoms with Gasteiger partial charge in [-0.2, -0.15) is 0 Å². The van der Waals surface area contributed by atoms with Crippen LogP contribution in [0.15, 0.2) is 84.0 Å². The van der Waals surface area contributed by atoms with E-state index in [4.69, 9.17) is 19.0 Å². The fraction of sp³-hybridized carbons (Fsp3) is 0.233. The molecule has 3 aromatic carbocycles. The Morgan fingerprint density at radius 3 is 2.65 bits per heavy atom. The molecule has 0 bridgehead atoms. The van der Waals surface area contributed by atoms with Crippen molar-refractivity contribution >= 4 is 22.6 Å². The number of oxime groups is 1. The number of carbonyl (C=O) groups excluding carboxylic acids is 1. The van der Waals surface area contributed by atoms with Crippen molar-refractivity contribution in [3.63, 3.8) is 0 Å². The summed E-state index contributed by atoms with van der Waals surface area (Å²) in [6.45, 7) is 5.81. The number of aromatic nitrogens is 1. The lowest BCUT2D eigenvalue weighted by molar-refractivity contribution is -0.160. The summed E-state index contributed by atoms with van der Waals surface area (Å²) in [4.78, 5) is 22.3. The second-order valence-electron chi connectivity index (χ2n) is 9.69. The van der Waals surface area contributed by atoms with Crippen LogP contribution in [0.25, 0.3) is 10.9 Å². The van der Waals surface area contributed by atoms with Crippen LogP contribution >= 0.6 is 0 Å². The average molecular weight is 497 g/mol. The van der Waals surface area contributed by atoms with Crippen LogP contribution in [-0.4, -0.2) is 28.9 Å². The molecule has 1 aromatic heterocycles. The van der Waals surface area contributed by atoms with Crippen molar-refractivity contribution in [2.24, 2.45) is 5.16 Å². The van der Waals surface area contributed by atoms with E-state index in [1.165, 1.54) is 0 Å².